The highest BCUT2D eigenvalue weighted by Gasteiger charge is 2.00. The normalized spacial score (nSPS) is 11.0. The lowest BCUT2D eigenvalue weighted by Gasteiger charge is -2.05. The molecule has 1 N–H and O–H groups in total. The van der Waals surface area contributed by atoms with Crippen molar-refractivity contribution in [3.63, 3.8) is 0 Å². The van der Waals surface area contributed by atoms with Gasteiger partial charge in [-0.1, -0.05) is 50.2 Å². The van der Waals surface area contributed by atoms with Gasteiger partial charge in [-0.05, 0) is 40.8 Å². The first-order valence-corrected chi connectivity index (χ1v) is 7.77. The van der Waals surface area contributed by atoms with Crippen LogP contribution in [0.5, 0.6) is 5.75 Å². The Hall–Kier alpha value is -2.55. The van der Waals surface area contributed by atoms with Gasteiger partial charge >= 0.3 is 0 Å². The van der Waals surface area contributed by atoms with Gasteiger partial charge in [-0.2, -0.15) is 0 Å². The Balaban J connectivity index is 1.88. The number of methoxy groups -OCH3 is 1. The Morgan fingerprint density at radius 1 is 1.17 bits per heavy atom. The molecule has 0 radical (unpaired) electrons. The maximum absolute atomic E-state index is 11.9. The highest BCUT2D eigenvalue weighted by molar-refractivity contribution is 5.91. The molecule has 0 spiro atoms. The molecule has 23 heavy (non-hydrogen) atoms. The number of carbonyl (C=O) groups is 1. The van der Waals surface area contributed by atoms with Crippen molar-refractivity contribution in [2.75, 3.05) is 7.11 Å². The van der Waals surface area contributed by atoms with Crippen molar-refractivity contribution < 1.29 is 9.53 Å². The number of carbonyl (C=O) groups excluding carboxylic acids is 1. The molecule has 1 amide bonds. The zero-order valence-electron chi connectivity index (χ0n) is 13.9. The third-order valence-corrected chi connectivity index (χ3v) is 3.63. The van der Waals surface area contributed by atoms with Gasteiger partial charge in [-0.15, -0.1) is 0 Å². The molecule has 120 valence electrons. The molecule has 0 fully saturated rings. The first-order chi connectivity index (χ1) is 11.1. The smallest absolute Gasteiger partial charge is 0.244 e. The van der Waals surface area contributed by atoms with E-state index in [2.05, 4.69) is 31.3 Å². The standard InChI is InChI=1S/C20H23NO2/c1-15(2)18-10-7-16(8-11-18)9-12-20(22)21-14-17-5-4-6-19(13-17)23-3/h4-13,15H,14H2,1-3H3,(H,21,22)/b12-9+. The molecule has 0 saturated carbocycles. The predicted octanol–water partition coefficient (Wildman–Crippen LogP) is 4.15. The van der Waals surface area contributed by atoms with E-state index in [0.29, 0.717) is 12.5 Å². The third kappa shape index (κ3) is 5.29. The van der Waals surface area contributed by atoms with Gasteiger partial charge in [0.2, 0.25) is 5.91 Å². The summed E-state index contributed by atoms with van der Waals surface area (Å²) in [5.74, 6) is 1.19. The Kier molecular flexibility index (Phi) is 5.98. The van der Waals surface area contributed by atoms with Gasteiger partial charge in [0, 0.05) is 12.6 Å². The van der Waals surface area contributed by atoms with Crippen LogP contribution in [0.3, 0.4) is 0 Å². The van der Waals surface area contributed by atoms with E-state index in [4.69, 9.17) is 4.74 Å². The van der Waals surface area contributed by atoms with E-state index in [-0.39, 0.29) is 5.91 Å². The van der Waals surface area contributed by atoms with Crippen LogP contribution in [0, 0.1) is 0 Å². The molecule has 0 heterocycles. The summed E-state index contributed by atoms with van der Waals surface area (Å²) in [5.41, 5.74) is 3.32. The lowest BCUT2D eigenvalue weighted by atomic mass is 10.0. The zero-order valence-corrected chi connectivity index (χ0v) is 13.9. The second-order valence-electron chi connectivity index (χ2n) is 5.72. The average molecular weight is 309 g/mol. The van der Waals surface area contributed by atoms with Crippen molar-refractivity contribution in [3.8, 4) is 5.75 Å². The molecule has 3 heteroatoms. The summed E-state index contributed by atoms with van der Waals surface area (Å²) in [6.45, 7) is 4.81. The minimum absolute atomic E-state index is 0.110. The second-order valence-corrected chi connectivity index (χ2v) is 5.72. The van der Waals surface area contributed by atoms with E-state index in [1.165, 1.54) is 5.56 Å². The van der Waals surface area contributed by atoms with Gasteiger partial charge in [0.05, 0.1) is 7.11 Å². The van der Waals surface area contributed by atoms with Gasteiger partial charge in [0.25, 0.3) is 0 Å². The highest BCUT2D eigenvalue weighted by atomic mass is 16.5. The molecule has 0 aliphatic heterocycles. The summed E-state index contributed by atoms with van der Waals surface area (Å²) in [7, 11) is 1.63. The summed E-state index contributed by atoms with van der Waals surface area (Å²) < 4.78 is 5.17. The lowest BCUT2D eigenvalue weighted by molar-refractivity contribution is -0.116. The first kappa shape index (κ1) is 16.8. The minimum atomic E-state index is -0.110. The molecule has 2 rings (SSSR count). The van der Waals surface area contributed by atoms with Crippen molar-refractivity contribution in [1.29, 1.82) is 0 Å². The van der Waals surface area contributed by atoms with Gasteiger partial charge in [-0.25, -0.2) is 0 Å². The van der Waals surface area contributed by atoms with Gasteiger partial charge in [0.1, 0.15) is 5.75 Å². The van der Waals surface area contributed by atoms with E-state index < -0.39 is 0 Å². The number of benzene rings is 2. The fraction of sp³-hybridized carbons (Fsp3) is 0.250. The molecule has 3 nitrogen and oxygen atoms in total. The van der Waals surface area contributed by atoms with E-state index >= 15 is 0 Å². The fourth-order valence-electron chi connectivity index (χ4n) is 2.19. The summed E-state index contributed by atoms with van der Waals surface area (Å²) in [4.78, 5) is 11.9. The van der Waals surface area contributed by atoms with Crippen LogP contribution in [0.25, 0.3) is 6.08 Å². The fourth-order valence-corrected chi connectivity index (χ4v) is 2.19. The number of rotatable bonds is 6. The SMILES string of the molecule is COc1cccc(CNC(=O)/C=C/c2ccc(C(C)C)cc2)c1. The monoisotopic (exact) mass is 309 g/mol. The van der Waals surface area contributed by atoms with Crippen molar-refractivity contribution in [3.05, 3.63) is 71.3 Å². The maximum atomic E-state index is 11.9. The van der Waals surface area contributed by atoms with Crippen LogP contribution in [0.4, 0.5) is 0 Å². The molecule has 0 bridgehead atoms. The molecular weight excluding hydrogens is 286 g/mol. The van der Waals surface area contributed by atoms with Crippen molar-refractivity contribution in [1.82, 2.24) is 5.32 Å². The maximum Gasteiger partial charge on any atom is 0.244 e. The largest absolute Gasteiger partial charge is 0.497 e. The molecule has 0 atom stereocenters. The van der Waals surface area contributed by atoms with Crippen LogP contribution in [0.15, 0.2) is 54.6 Å². The molecule has 0 aliphatic carbocycles. The molecule has 2 aromatic rings. The number of hydrogen-bond acceptors (Lipinski definition) is 2. The predicted molar refractivity (Wildman–Crippen MR) is 94.4 cm³/mol. The van der Waals surface area contributed by atoms with Crippen LogP contribution < -0.4 is 10.1 Å². The summed E-state index contributed by atoms with van der Waals surface area (Å²) >= 11 is 0. The van der Waals surface area contributed by atoms with Crippen LogP contribution in [-0.4, -0.2) is 13.0 Å². The number of hydrogen-bond donors (Lipinski definition) is 1. The molecule has 2 aromatic carbocycles. The Bertz CT molecular complexity index is 672. The van der Waals surface area contributed by atoms with Crippen molar-refractivity contribution in [2.45, 2.75) is 26.3 Å². The van der Waals surface area contributed by atoms with E-state index in [0.717, 1.165) is 16.9 Å². The first-order valence-electron chi connectivity index (χ1n) is 7.77. The van der Waals surface area contributed by atoms with Crippen LogP contribution in [0.2, 0.25) is 0 Å². The lowest BCUT2D eigenvalue weighted by Crippen LogP contribution is -2.20. The van der Waals surface area contributed by atoms with E-state index in [9.17, 15) is 4.79 Å². The Morgan fingerprint density at radius 2 is 1.91 bits per heavy atom. The van der Waals surface area contributed by atoms with Crippen molar-refractivity contribution in [2.24, 2.45) is 0 Å². The summed E-state index contributed by atoms with van der Waals surface area (Å²) in [5, 5.41) is 2.87. The van der Waals surface area contributed by atoms with E-state index in [1.54, 1.807) is 13.2 Å². The number of nitrogens with one attached hydrogen (secondary N) is 1. The second kappa shape index (κ2) is 8.18. The topological polar surface area (TPSA) is 38.3 Å². The third-order valence-electron chi connectivity index (χ3n) is 3.63. The number of amides is 1. The van der Waals surface area contributed by atoms with Crippen molar-refractivity contribution >= 4 is 12.0 Å². The van der Waals surface area contributed by atoms with E-state index in [1.807, 2.05) is 42.5 Å². The van der Waals surface area contributed by atoms with Gasteiger partial charge < -0.3 is 10.1 Å². The molecule has 0 aromatic heterocycles. The summed E-state index contributed by atoms with van der Waals surface area (Å²) in [6, 6.07) is 15.9. The van der Waals surface area contributed by atoms with Gasteiger partial charge in [-0.3, -0.25) is 4.79 Å². The van der Waals surface area contributed by atoms with Crippen LogP contribution >= 0.6 is 0 Å². The Labute approximate surface area is 138 Å². The number of ether oxygens (including phenoxy) is 1. The molecule has 0 aliphatic rings. The highest BCUT2D eigenvalue weighted by Crippen LogP contribution is 2.15. The molecule has 0 saturated heterocycles. The Morgan fingerprint density at radius 3 is 2.57 bits per heavy atom. The quantitative estimate of drug-likeness (QED) is 0.814. The van der Waals surface area contributed by atoms with Crippen LogP contribution in [-0.2, 0) is 11.3 Å². The summed E-state index contributed by atoms with van der Waals surface area (Å²) in [6.07, 6.45) is 3.38. The van der Waals surface area contributed by atoms with Gasteiger partial charge in [0.15, 0.2) is 0 Å². The molecule has 0 unspecified atom stereocenters. The zero-order chi connectivity index (χ0) is 16.7. The van der Waals surface area contributed by atoms with Crippen LogP contribution in [0.1, 0.15) is 36.5 Å². The average Bonchev–Trinajstić information content (AvgIpc) is 2.58. The molecular formula is C20H23NO2. The minimum Gasteiger partial charge on any atom is -0.497 e.